The number of nitrogens with one attached hydrogen (secondary N) is 1. The first-order valence-electron chi connectivity index (χ1n) is 4.02. The number of rotatable bonds is 1. The van der Waals surface area contributed by atoms with Gasteiger partial charge < -0.3 is 15.0 Å². The number of aromatic nitrogens is 3. The van der Waals surface area contributed by atoms with Crippen LogP contribution in [0.25, 0.3) is 0 Å². The van der Waals surface area contributed by atoms with E-state index in [1.165, 1.54) is 0 Å². The first-order valence-corrected chi connectivity index (χ1v) is 4.02. The van der Waals surface area contributed by atoms with E-state index < -0.39 is 0 Å². The summed E-state index contributed by atoms with van der Waals surface area (Å²) < 4.78 is 1.87. The van der Waals surface area contributed by atoms with Crippen LogP contribution >= 0.6 is 0 Å². The predicted molar refractivity (Wildman–Crippen MR) is 42.4 cm³/mol. The number of hydrogen-bond donors (Lipinski definition) is 2. The SMILES string of the molecule is Cn1cnnc1[C@@H]1C[C@@H](O)CN1. The Labute approximate surface area is 70.4 Å². The molecule has 0 aromatic carbocycles. The molecule has 12 heavy (non-hydrogen) atoms. The first-order chi connectivity index (χ1) is 5.77. The highest BCUT2D eigenvalue weighted by Gasteiger charge is 2.26. The molecule has 0 unspecified atom stereocenters. The molecule has 2 heterocycles. The van der Waals surface area contributed by atoms with Gasteiger partial charge in [-0.25, -0.2) is 0 Å². The Kier molecular flexibility index (Phi) is 1.82. The molecular weight excluding hydrogens is 156 g/mol. The minimum atomic E-state index is -0.244. The molecule has 1 aliphatic rings. The van der Waals surface area contributed by atoms with Crippen molar-refractivity contribution in [3.05, 3.63) is 12.2 Å². The number of aliphatic hydroxyl groups excluding tert-OH is 1. The second-order valence-corrected chi connectivity index (χ2v) is 3.15. The third kappa shape index (κ3) is 1.21. The van der Waals surface area contributed by atoms with Crippen LogP contribution in [0.3, 0.4) is 0 Å². The van der Waals surface area contributed by atoms with Gasteiger partial charge in [-0.3, -0.25) is 0 Å². The molecule has 0 bridgehead atoms. The molecule has 1 aromatic heterocycles. The standard InChI is InChI=1S/C7H12N4O/c1-11-4-9-10-7(11)6-2-5(12)3-8-6/h4-6,8,12H,2-3H2,1H3/t5-,6+/m1/s1. The Bertz CT molecular complexity index is 272. The van der Waals surface area contributed by atoms with Crippen molar-refractivity contribution in [1.29, 1.82) is 0 Å². The zero-order valence-electron chi connectivity index (χ0n) is 6.94. The summed E-state index contributed by atoms with van der Waals surface area (Å²) in [5.41, 5.74) is 0. The smallest absolute Gasteiger partial charge is 0.149 e. The topological polar surface area (TPSA) is 63.0 Å². The van der Waals surface area contributed by atoms with E-state index in [2.05, 4.69) is 15.5 Å². The summed E-state index contributed by atoms with van der Waals surface area (Å²) >= 11 is 0. The molecule has 1 fully saturated rings. The quantitative estimate of drug-likeness (QED) is 0.577. The maximum Gasteiger partial charge on any atom is 0.149 e. The zero-order valence-corrected chi connectivity index (χ0v) is 6.94. The molecule has 2 rings (SSSR count). The van der Waals surface area contributed by atoms with E-state index in [4.69, 9.17) is 0 Å². The largest absolute Gasteiger partial charge is 0.392 e. The van der Waals surface area contributed by atoms with Crippen LogP contribution in [0.2, 0.25) is 0 Å². The molecule has 0 aliphatic carbocycles. The molecule has 1 aliphatic heterocycles. The average Bonchev–Trinajstić information content (AvgIpc) is 2.58. The van der Waals surface area contributed by atoms with Gasteiger partial charge in [-0.15, -0.1) is 10.2 Å². The fourth-order valence-electron chi connectivity index (χ4n) is 1.52. The Balaban J connectivity index is 2.16. The van der Waals surface area contributed by atoms with Gasteiger partial charge in [-0.1, -0.05) is 0 Å². The second kappa shape index (κ2) is 2.84. The van der Waals surface area contributed by atoms with E-state index in [-0.39, 0.29) is 12.1 Å². The molecule has 1 saturated heterocycles. The highest BCUT2D eigenvalue weighted by Crippen LogP contribution is 2.20. The number of aliphatic hydroxyl groups is 1. The van der Waals surface area contributed by atoms with Crippen molar-refractivity contribution >= 4 is 0 Å². The van der Waals surface area contributed by atoms with Crippen molar-refractivity contribution < 1.29 is 5.11 Å². The third-order valence-electron chi connectivity index (χ3n) is 2.17. The van der Waals surface area contributed by atoms with Crippen molar-refractivity contribution in [2.24, 2.45) is 7.05 Å². The van der Waals surface area contributed by atoms with Gasteiger partial charge in [0.25, 0.3) is 0 Å². The maximum atomic E-state index is 9.27. The number of β-amino-alcohol motifs (C(OH)–C–C–N with tert-alkyl or cyclic N) is 1. The van der Waals surface area contributed by atoms with Gasteiger partial charge in [0.2, 0.25) is 0 Å². The number of aryl methyl sites for hydroxylation is 1. The summed E-state index contributed by atoms with van der Waals surface area (Å²) in [5.74, 6) is 0.895. The summed E-state index contributed by atoms with van der Waals surface area (Å²) in [6.07, 6.45) is 2.15. The minimum absolute atomic E-state index is 0.160. The molecule has 0 saturated carbocycles. The van der Waals surface area contributed by atoms with Crippen LogP contribution < -0.4 is 5.32 Å². The van der Waals surface area contributed by atoms with Crippen LogP contribution in [0.1, 0.15) is 18.3 Å². The van der Waals surface area contributed by atoms with Gasteiger partial charge in [-0.2, -0.15) is 0 Å². The van der Waals surface area contributed by atoms with Crippen LogP contribution in [-0.4, -0.2) is 32.5 Å². The second-order valence-electron chi connectivity index (χ2n) is 3.15. The number of hydrogen-bond acceptors (Lipinski definition) is 4. The molecule has 2 N–H and O–H groups in total. The van der Waals surface area contributed by atoms with E-state index in [1.807, 2.05) is 11.6 Å². The highest BCUT2D eigenvalue weighted by molar-refractivity contribution is 4.98. The molecule has 1 aromatic rings. The van der Waals surface area contributed by atoms with Gasteiger partial charge in [-0.05, 0) is 6.42 Å². The molecule has 66 valence electrons. The molecule has 5 nitrogen and oxygen atoms in total. The Hall–Kier alpha value is -0.940. The van der Waals surface area contributed by atoms with Crippen LogP contribution in [0, 0.1) is 0 Å². The maximum absolute atomic E-state index is 9.27. The van der Waals surface area contributed by atoms with E-state index >= 15 is 0 Å². The lowest BCUT2D eigenvalue weighted by molar-refractivity contribution is 0.193. The van der Waals surface area contributed by atoms with Crippen LogP contribution in [0.5, 0.6) is 0 Å². The summed E-state index contributed by atoms with van der Waals surface area (Å²) in [7, 11) is 1.90. The third-order valence-corrected chi connectivity index (χ3v) is 2.17. The lowest BCUT2D eigenvalue weighted by Gasteiger charge is -2.07. The van der Waals surface area contributed by atoms with E-state index in [9.17, 15) is 5.11 Å². The fourth-order valence-corrected chi connectivity index (χ4v) is 1.52. The van der Waals surface area contributed by atoms with Gasteiger partial charge in [0.05, 0.1) is 12.1 Å². The Morgan fingerprint density at radius 3 is 3.08 bits per heavy atom. The van der Waals surface area contributed by atoms with E-state index in [0.29, 0.717) is 6.54 Å². The lowest BCUT2D eigenvalue weighted by Crippen LogP contribution is -2.17. The van der Waals surface area contributed by atoms with Crippen molar-refractivity contribution in [3.63, 3.8) is 0 Å². The molecule has 0 radical (unpaired) electrons. The highest BCUT2D eigenvalue weighted by atomic mass is 16.3. The van der Waals surface area contributed by atoms with Gasteiger partial charge >= 0.3 is 0 Å². The van der Waals surface area contributed by atoms with Crippen molar-refractivity contribution in [2.45, 2.75) is 18.6 Å². The van der Waals surface area contributed by atoms with E-state index in [1.54, 1.807) is 6.33 Å². The Morgan fingerprint density at radius 2 is 2.58 bits per heavy atom. The van der Waals surface area contributed by atoms with Crippen LogP contribution in [-0.2, 0) is 7.05 Å². The zero-order chi connectivity index (χ0) is 8.55. The van der Waals surface area contributed by atoms with Crippen LogP contribution in [0.15, 0.2) is 6.33 Å². The number of nitrogens with zero attached hydrogens (tertiary/aromatic N) is 3. The van der Waals surface area contributed by atoms with E-state index in [0.717, 1.165) is 12.2 Å². The normalized spacial score (nSPS) is 29.5. The van der Waals surface area contributed by atoms with Crippen molar-refractivity contribution in [2.75, 3.05) is 6.54 Å². The van der Waals surface area contributed by atoms with Gasteiger partial charge in [0, 0.05) is 13.6 Å². The molecule has 2 atom stereocenters. The summed E-state index contributed by atoms with van der Waals surface area (Å²) in [5, 5.41) is 20.2. The lowest BCUT2D eigenvalue weighted by atomic mass is 10.2. The molecule has 0 amide bonds. The molecular formula is C7H12N4O. The van der Waals surface area contributed by atoms with Crippen molar-refractivity contribution in [3.8, 4) is 0 Å². The van der Waals surface area contributed by atoms with Gasteiger partial charge in [0.15, 0.2) is 0 Å². The predicted octanol–water partition coefficient (Wildman–Crippen LogP) is -0.790. The summed E-state index contributed by atoms with van der Waals surface area (Å²) in [4.78, 5) is 0. The molecule has 0 spiro atoms. The summed E-state index contributed by atoms with van der Waals surface area (Å²) in [6, 6.07) is 0.160. The fraction of sp³-hybridized carbons (Fsp3) is 0.714. The molecule has 5 heteroatoms. The van der Waals surface area contributed by atoms with Crippen LogP contribution in [0.4, 0.5) is 0 Å². The average molecular weight is 168 g/mol. The van der Waals surface area contributed by atoms with Crippen molar-refractivity contribution in [1.82, 2.24) is 20.1 Å². The van der Waals surface area contributed by atoms with Gasteiger partial charge in [0.1, 0.15) is 12.2 Å². The first kappa shape index (κ1) is 7.70. The monoisotopic (exact) mass is 168 g/mol. The summed E-state index contributed by atoms with van der Waals surface area (Å²) in [6.45, 7) is 0.650. The Morgan fingerprint density at radius 1 is 1.75 bits per heavy atom. The minimum Gasteiger partial charge on any atom is -0.392 e.